The van der Waals surface area contributed by atoms with Gasteiger partial charge in [0.25, 0.3) is 0 Å². The smallest absolute Gasteiger partial charge is 0.342 e. The molecule has 0 aliphatic carbocycles. The summed E-state index contributed by atoms with van der Waals surface area (Å²) in [7, 11) is 0. The first-order valence-corrected chi connectivity index (χ1v) is 8.51. The first-order chi connectivity index (χ1) is 12.1. The average Bonchev–Trinajstić information content (AvgIpc) is 2.82. The maximum absolute atomic E-state index is 13.3. The zero-order valence-electron chi connectivity index (χ0n) is 14.6. The summed E-state index contributed by atoms with van der Waals surface area (Å²) in [6, 6.07) is 2.71. The van der Waals surface area contributed by atoms with Gasteiger partial charge in [0.15, 0.2) is 17.7 Å². The SMILES string of the molecule is CC(=O)Nc1sc(C)c(C)c1C(=O)O[C@H](C)C(=O)c1ccc(F)c(F)c1. The Morgan fingerprint density at radius 1 is 1.15 bits per heavy atom. The molecule has 0 aliphatic rings. The van der Waals surface area contributed by atoms with E-state index in [0.29, 0.717) is 10.6 Å². The van der Waals surface area contributed by atoms with Gasteiger partial charge < -0.3 is 10.1 Å². The second-order valence-corrected chi connectivity index (χ2v) is 6.93. The van der Waals surface area contributed by atoms with E-state index in [1.807, 2.05) is 0 Å². The number of rotatable bonds is 5. The standard InChI is InChI=1S/C18H17F2NO4S/c1-8-10(3)26-17(21-11(4)22)15(8)18(24)25-9(2)16(23)12-5-6-13(19)14(20)7-12/h5-7,9H,1-4H3,(H,21,22)/t9-/m1/s1. The van der Waals surface area contributed by atoms with Crippen molar-refractivity contribution in [3.8, 4) is 0 Å². The molecular formula is C18H17F2NO4S. The largest absolute Gasteiger partial charge is 0.451 e. The molecule has 2 aromatic rings. The highest BCUT2D eigenvalue weighted by Gasteiger charge is 2.26. The molecular weight excluding hydrogens is 364 g/mol. The van der Waals surface area contributed by atoms with Crippen molar-refractivity contribution in [1.82, 2.24) is 0 Å². The first-order valence-electron chi connectivity index (χ1n) is 7.69. The number of ether oxygens (including phenoxy) is 1. The fourth-order valence-corrected chi connectivity index (χ4v) is 3.37. The molecule has 0 spiro atoms. The van der Waals surface area contributed by atoms with Gasteiger partial charge in [0, 0.05) is 17.4 Å². The van der Waals surface area contributed by atoms with Gasteiger partial charge in [-0.25, -0.2) is 13.6 Å². The van der Waals surface area contributed by atoms with Crippen molar-refractivity contribution in [3.63, 3.8) is 0 Å². The third-order valence-corrected chi connectivity index (χ3v) is 4.86. The van der Waals surface area contributed by atoms with Crippen molar-refractivity contribution in [3.05, 3.63) is 51.4 Å². The molecule has 2 rings (SSSR count). The van der Waals surface area contributed by atoms with E-state index in [9.17, 15) is 23.2 Å². The third kappa shape index (κ3) is 4.13. The number of ketones is 1. The molecule has 5 nitrogen and oxygen atoms in total. The molecule has 0 aliphatic heterocycles. The maximum Gasteiger partial charge on any atom is 0.342 e. The molecule has 0 bridgehead atoms. The molecule has 0 unspecified atom stereocenters. The van der Waals surface area contributed by atoms with E-state index in [4.69, 9.17) is 4.74 Å². The summed E-state index contributed by atoms with van der Waals surface area (Å²) in [6.07, 6.45) is -1.21. The molecule has 26 heavy (non-hydrogen) atoms. The molecule has 8 heteroatoms. The monoisotopic (exact) mass is 381 g/mol. The lowest BCUT2D eigenvalue weighted by Gasteiger charge is -2.13. The number of aryl methyl sites for hydroxylation is 1. The average molecular weight is 381 g/mol. The molecule has 1 amide bonds. The quantitative estimate of drug-likeness (QED) is 0.627. The highest BCUT2D eigenvalue weighted by Crippen LogP contribution is 2.33. The van der Waals surface area contributed by atoms with E-state index in [1.54, 1.807) is 13.8 Å². The lowest BCUT2D eigenvalue weighted by Crippen LogP contribution is -2.25. The topological polar surface area (TPSA) is 72.5 Å². The number of hydrogen-bond acceptors (Lipinski definition) is 5. The number of carbonyl (C=O) groups is 3. The molecule has 0 fully saturated rings. The van der Waals surface area contributed by atoms with Gasteiger partial charge in [-0.3, -0.25) is 9.59 Å². The van der Waals surface area contributed by atoms with E-state index < -0.39 is 29.5 Å². The van der Waals surface area contributed by atoms with Crippen LogP contribution in [0, 0.1) is 25.5 Å². The Morgan fingerprint density at radius 2 is 1.81 bits per heavy atom. The Bertz CT molecular complexity index is 892. The number of nitrogens with one attached hydrogen (secondary N) is 1. The second-order valence-electron chi connectivity index (χ2n) is 5.71. The minimum atomic E-state index is -1.21. The molecule has 1 aromatic carbocycles. The highest BCUT2D eigenvalue weighted by atomic mass is 32.1. The van der Waals surface area contributed by atoms with Gasteiger partial charge >= 0.3 is 5.97 Å². The van der Waals surface area contributed by atoms with Crippen LogP contribution in [0.15, 0.2) is 18.2 Å². The first kappa shape index (κ1) is 19.7. The van der Waals surface area contributed by atoms with E-state index in [-0.39, 0.29) is 17.0 Å². The number of halogens is 2. The van der Waals surface area contributed by atoms with Crippen LogP contribution in [0.3, 0.4) is 0 Å². The van der Waals surface area contributed by atoms with Crippen LogP contribution in [0.25, 0.3) is 0 Å². The van der Waals surface area contributed by atoms with Crippen molar-refractivity contribution in [1.29, 1.82) is 0 Å². The molecule has 1 N–H and O–H groups in total. The van der Waals surface area contributed by atoms with Crippen LogP contribution in [0.4, 0.5) is 13.8 Å². The predicted molar refractivity (Wildman–Crippen MR) is 93.7 cm³/mol. The van der Waals surface area contributed by atoms with Crippen LogP contribution in [0.5, 0.6) is 0 Å². The van der Waals surface area contributed by atoms with Crippen molar-refractivity contribution in [2.75, 3.05) is 5.32 Å². The van der Waals surface area contributed by atoms with Gasteiger partial charge in [-0.2, -0.15) is 0 Å². The van der Waals surface area contributed by atoms with Crippen LogP contribution >= 0.6 is 11.3 Å². The van der Waals surface area contributed by atoms with Crippen LogP contribution in [-0.2, 0) is 9.53 Å². The van der Waals surface area contributed by atoms with Gasteiger partial charge in [-0.05, 0) is 44.5 Å². The summed E-state index contributed by atoms with van der Waals surface area (Å²) >= 11 is 1.22. The Kier molecular flexibility index (Phi) is 5.86. The maximum atomic E-state index is 13.3. The second kappa shape index (κ2) is 7.74. The van der Waals surface area contributed by atoms with Crippen LogP contribution in [0.2, 0.25) is 0 Å². The number of Topliss-reactive ketones (excluding diaryl/α,β-unsaturated/α-hetero) is 1. The number of hydrogen-bond donors (Lipinski definition) is 1. The molecule has 0 radical (unpaired) electrons. The molecule has 1 aromatic heterocycles. The fourth-order valence-electron chi connectivity index (χ4n) is 2.28. The molecule has 1 heterocycles. The normalized spacial score (nSPS) is 11.8. The van der Waals surface area contributed by atoms with Crippen molar-refractivity contribution >= 4 is 34.0 Å². The summed E-state index contributed by atoms with van der Waals surface area (Å²) < 4.78 is 31.5. The summed E-state index contributed by atoms with van der Waals surface area (Å²) in [4.78, 5) is 36.9. The van der Waals surface area contributed by atoms with Crippen LogP contribution < -0.4 is 5.32 Å². The van der Waals surface area contributed by atoms with E-state index >= 15 is 0 Å². The van der Waals surface area contributed by atoms with Crippen molar-refractivity contribution < 1.29 is 27.9 Å². The number of amides is 1. The molecule has 0 saturated carbocycles. The fraction of sp³-hybridized carbons (Fsp3) is 0.278. The van der Waals surface area contributed by atoms with E-state index in [1.165, 1.54) is 25.2 Å². The van der Waals surface area contributed by atoms with Crippen LogP contribution in [-0.4, -0.2) is 23.8 Å². The minimum absolute atomic E-state index is 0.107. The summed E-state index contributed by atoms with van der Waals surface area (Å²) in [5, 5.41) is 2.90. The van der Waals surface area contributed by atoms with E-state index in [0.717, 1.165) is 23.1 Å². The Balaban J connectivity index is 2.22. The Labute approximate surface area is 153 Å². The number of carbonyl (C=O) groups excluding carboxylic acids is 3. The predicted octanol–water partition coefficient (Wildman–Crippen LogP) is 4.03. The number of benzene rings is 1. The van der Waals surface area contributed by atoms with Gasteiger partial charge in [0.1, 0.15) is 5.00 Å². The number of esters is 1. The Morgan fingerprint density at radius 3 is 2.38 bits per heavy atom. The van der Waals surface area contributed by atoms with E-state index in [2.05, 4.69) is 5.32 Å². The summed E-state index contributed by atoms with van der Waals surface area (Å²) in [5.41, 5.74) is 0.702. The Hall–Kier alpha value is -2.61. The lowest BCUT2D eigenvalue weighted by molar-refractivity contribution is -0.114. The number of anilines is 1. The summed E-state index contributed by atoms with van der Waals surface area (Å²) in [6.45, 7) is 6.15. The summed E-state index contributed by atoms with van der Waals surface area (Å²) in [5.74, 6) is -4.02. The minimum Gasteiger partial charge on any atom is -0.451 e. The van der Waals surface area contributed by atoms with Crippen molar-refractivity contribution in [2.45, 2.75) is 33.8 Å². The van der Waals surface area contributed by atoms with Crippen LogP contribution in [0.1, 0.15) is 45.0 Å². The van der Waals surface area contributed by atoms with Gasteiger partial charge in [0.2, 0.25) is 11.7 Å². The van der Waals surface area contributed by atoms with Gasteiger partial charge in [-0.1, -0.05) is 0 Å². The highest BCUT2D eigenvalue weighted by molar-refractivity contribution is 7.16. The zero-order chi connectivity index (χ0) is 19.6. The van der Waals surface area contributed by atoms with Gasteiger partial charge in [-0.15, -0.1) is 11.3 Å². The lowest BCUT2D eigenvalue weighted by atomic mass is 10.1. The number of thiophene rings is 1. The molecule has 0 saturated heterocycles. The van der Waals surface area contributed by atoms with Crippen molar-refractivity contribution in [2.24, 2.45) is 0 Å². The van der Waals surface area contributed by atoms with Gasteiger partial charge in [0.05, 0.1) is 5.56 Å². The zero-order valence-corrected chi connectivity index (χ0v) is 15.4. The molecule has 138 valence electrons. The third-order valence-electron chi connectivity index (χ3n) is 3.74. The molecule has 1 atom stereocenters.